The van der Waals surface area contributed by atoms with E-state index >= 15 is 0 Å². The van der Waals surface area contributed by atoms with Crippen molar-refractivity contribution in [3.05, 3.63) is 35.9 Å². The topological polar surface area (TPSA) is 63.9 Å². The average molecular weight is 574 g/mol. The Bertz CT molecular complexity index is 1190. The summed E-state index contributed by atoms with van der Waals surface area (Å²) >= 11 is 0. The van der Waals surface area contributed by atoms with Crippen LogP contribution in [0.15, 0.2) is 30.3 Å². The second-order valence-corrected chi connectivity index (χ2v) is 17.4. The van der Waals surface area contributed by atoms with Crippen LogP contribution in [-0.4, -0.2) is 57.2 Å². The molecular formula is C38H55NO3. The molecule has 9 rings (SSSR count). The van der Waals surface area contributed by atoms with Gasteiger partial charge < -0.3 is 15.3 Å². The first-order valence-corrected chi connectivity index (χ1v) is 18.2. The minimum absolute atomic E-state index is 0.221. The average Bonchev–Trinajstić information content (AvgIpc) is 3.32. The van der Waals surface area contributed by atoms with Gasteiger partial charge in [-0.1, -0.05) is 43.7 Å². The van der Waals surface area contributed by atoms with Gasteiger partial charge in [-0.15, -0.1) is 0 Å². The molecule has 230 valence electrons. The molecule has 15 atom stereocenters. The first-order valence-electron chi connectivity index (χ1n) is 18.2. The van der Waals surface area contributed by atoms with Crippen LogP contribution in [0, 0.1) is 64.1 Å². The standard InChI is InChI=1S/C38H55NO3/c1-23-8-9-34-38(42)15-10-25(16-24-6-3-2-4-7-24)27-18-30-28(29(35(27)38)22-39(34)21-23)19-33-36-12-5-13-37(30,33)20-32(41)31(36)17-26(40)11-14-36/h2-4,6-7,23,25-35,40-42H,5,8-22H2,1H3. The van der Waals surface area contributed by atoms with Gasteiger partial charge in [0.25, 0.3) is 0 Å². The zero-order chi connectivity index (χ0) is 28.4. The summed E-state index contributed by atoms with van der Waals surface area (Å²) in [7, 11) is 0. The van der Waals surface area contributed by atoms with Crippen LogP contribution in [0.1, 0.15) is 96.0 Å². The fraction of sp³-hybridized carbons (Fsp3) is 0.842. The Balaban J connectivity index is 1.13. The van der Waals surface area contributed by atoms with Crippen molar-refractivity contribution in [2.24, 2.45) is 64.1 Å². The molecule has 2 aliphatic heterocycles. The maximum atomic E-state index is 13.0. The van der Waals surface area contributed by atoms with Crippen LogP contribution < -0.4 is 0 Å². The van der Waals surface area contributed by atoms with Crippen molar-refractivity contribution in [1.82, 2.24) is 4.90 Å². The molecule has 1 aromatic rings. The third-order valence-electron chi connectivity index (χ3n) is 16.1. The van der Waals surface area contributed by atoms with Crippen molar-refractivity contribution in [2.45, 2.75) is 121 Å². The predicted molar refractivity (Wildman–Crippen MR) is 164 cm³/mol. The number of nitrogens with zero attached hydrogens (tertiary/aromatic N) is 1. The molecule has 15 unspecified atom stereocenters. The molecule has 42 heavy (non-hydrogen) atoms. The summed E-state index contributed by atoms with van der Waals surface area (Å²) in [5, 5.41) is 35.6. The molecule has 2 heterocycles. The quantitative estimate of drug-likeness (QED) is 0.402. The van der Waals surface area contributed by atoms with Gasteiger partial charge in [-0.2, -0.15) is 0 Å². The summed E-state index contributed by atoms with van der Waals surface area (Å²) in [6, 6.07) is 11.6. The highest BCUT2D eigenvalue weighted by atomic mass is 16.3. The minimum atomic E-state index is -0.526. The van der Waals surface area contributed by atoms with E-state index in [1.807, 2.05) is 0 Å². The maximum Gasteiger partial charge on any atom is 0.0836 e. The Hall–Kier alpha value is -0.940. The lowest BCUT2D eigenvalue weighted by Gasteiger charge is -2.68. The Morgan fingerprint density at radius 1 is 0.810 bits per heavy atom. The molecule has 0 amide bonds. The van der Waals surface area contributed by atoms with E-state index in [2.05, 4.69) is 42.2 Å². The van der Waals surface area contributed by atoms with Gasteiger partial charge in [-0.05, 0) is 153 Å². The second-order valence-electron chi connectivity index (χ2n) is 17.4. The van der Waals surface area contributed by atoms with Gasteiger partial charge in [-0.3, -0.25) is 4.90 Å². The number of aliphatic hydroxyl groups excluding tert-OH is 2. The van der Waals surface area contributed by atoms with Gasteiger partial charge in [0, 0.05) is 19.1 Å². The molecule has 8 aliphatic rings. The third kappa shape index (κ3) is 3.62. The molecule has 6 aliphatic carbocycles. The smallest absolute Gasteiger partial charge is 0.0836 e. The number of benzene rings is 1. The first-order chi connectivity index (χ1) is 20.3. The highest BCUT2D eigenvalue weighted by Crippen LogP contribution is 2.77. The van der Waals surface area contributed by atoms with Crippen LogP contribution in [-0.2, 0) is 6.42 Å². The molecule has 2 bridgehead atoms. The first kappa shape index (κ1) is 27.4. The normalized spacial score (nSPS) is 56.4. The number of rotatable bonds is 2. The van der Waals surface area contributed by atoms with Crippen molar-refractivity contribution in [3.8, 4) is 0 Å². The van der Waals surface area contributed by atoms with Crippen molar-refractivity contribution >= 4 is 0 Å². The van der Waals surface area contributed by atoms with E-state index in [4.69, 9.17) is 0 Å². The summed E-state index contributed by atoms with van der Waals surface area (Å²) in [5.41, 5.74) is 1.48. The molecule has 0 aromatic heterocycles. The Labute approximate surface area is 253 Å². The van der Waals surface area contributed by atoms with Gasteiger partial charge in [0.1, 0.15) is 0 Å². The fourth-order valence-corrected chi connectivity index (χ4v) is 14.9. The maximum absolute atomic E-state index is 13.0. The molecule has 1 spiro atoms. The van der Waals surface area contributed by atoms with E-state index in [1.165, 1.54) is 70.0 Å². The van der Waals surface area contributed by atoms with Crippen LogP contribution in [0.4, 0.5) is 0 Å². The van der Waals surface area contributed by atoms with Crippen LogP contribution in [0.2, 0.25) is 0 Å². The number of fused-ring (bicyclic) bond motifs is 4. The predicted octanol–water partition coefficient (Wildman–Crippen LogP) is 6.07. The van der Waals surface area contributed by atoms with Crippen molar-refractivity contribution in [2.75, 3.05) is 13.1 Å². The van der Waals surface area contributed by atoms with Crippen molar-refractivity contribution in [3.63, 3.8) is 0 Å². The molecule has 4 nitrogen and oxygen atoms in total. The second kappa shape index (κ2) is 9.54. The molecule has 4 heteroatoms. The lowest BCUT2D eigenvalue weighted by molar-refractivity contribution is -0.239. The molecule has 8 fully saturated rings. The zero-order valence-electron chi connectivity index (χ0n) is 25.9. The zero-order valence-corrected chi connectivity index (χ0v) is 25.9. The van der Waals surface area contributed by atoms with Crippen LogP contribution in [0.3, 0.4) is 0 Å². The van der Waals surface area contributed by atoms with E-state index in [0.717, 1.165) is 44.4 Å². The van der Waals surface area contributed by atoms with Gasteiger partial charge in [-0.25, -0.2) is 0 Å². The van der Waals surface area contributed by atoms with Gasteiger partial charge in [0.2, 0.25) is 0 Å². The SMILES string of the molecule is CC1CCC2N(C1)CC1C3CC4C56CCCC4(CC(O)C5CC(O)CC6)C3CC3C(Cc4ccccc4)CCC2(O)C31. The molecule has 1 aromatic carbocycles. The number of piperidine rings is 2. The highest BCUT2D eigenvalue weighted by molar-refractivity contribution is 5.24. The Morgan fingerprint density at radius 2 is 1.64 bits per heavy atom. The third-order valence-corrected chi connectivity index (χ3v) is 16.1. The monoisotopic (exact) mass is 573 g/mol. The van der Waals surface area contributed by atoms with E-state index in [-0.39, 0.29) is 23.0 Å². The summed E-state index contributed by atoms with van der Waals surface area (Å²) in [6.07, 6.45) is 15.7. The van der Waals surface area contributed by atoms with E-state index in [0.29, 0.717) is 53.4 Å². The number of aliphatic hydroxyl groups is 3. The molecule has 3 N–H and O–H groups in total. The fourth-order valence-electron chi connectivity index (χ4n) is 14.9. The lowest BCUT2D eigenvalue weighted by atomic mass is 9.40. The molecule has 0 radical (unpaired) electrons. The van der Waals surface area contributed by atoms with Gasteiger partial charge in [0.15, 0.2) is 0 Å². The molecular weight excluding hydrogens is 518 g/mol. The molecule has 2 saturated heterocycles. The van der Waals surface area contributed by atoms with E-state index in [1.54, 1.807) is 0 Å². The highest BCUT2D eigenvalue weighted by Gasteiger charge is 2.73. The minimum Gasteiger partial charge on any atom is -0.393 e. The van der Waals surface area contributed by atoms with Gasteiger partial charge in [0.05, 0.1) is 17.8 Å². The van der Waals surface area contributed by atoms with Crippen LogP contribution in [0.25, 0.3) is 0 Å². The van der Waals surface area contributed by atoms with E-state index in [9.17, 15) is 15.3 Å². The van der Waals surface area contributed by atoms with Gasteiger partial charge >= 0.3 is 0 Å². The largest absolute Gasteiger partial charge is 0.393 e. The van der Waals surface area contributed by atoms with Crippen molar-refractivity contribution < 1.29 is 15.3 Å². The number of hydrogen-bond donors (Lipinski definition) is 3. The summed E-state index contributed by atoms with van der Waals surface area (Å²) in [6.45, 7) is 4.81. The lowest BCUT2D eigenvalue weighted by Crippen LogP contribution is -2.72. The summed E-state index contributed by atoms with van der Waals surface area (Å²) in [5.74, 6) is 5.45. The van der Waals surface area contributed by atoms with Crippen LogP contribution in [0.5, 0.6) is 0 Å². The molecule has 6 saturated carbocycles. The van der Waals surface area contributed by atoms with E-state index < -0.39 is 5.60 Å². The summed E-state index contributed by atoms with van der Waals surface area (Å²) < 4.78 is 0. The summed E-state index contributed by atoms with van der Waals surface area (Å²) in [4.78, 5) is 2.80. The number of hydrogen-bond acceptors (Lipinski definition) is 4. The Kier molecular flexibility index (Phi) is 6.22. The Morgan fingerprint density at radius 3 is 2.50 bits per heavy atom. The van der Waals surface area contributed by atoms with Crippen molar-refractivity contribution in [1.29, 1.82) is 0 Å². The van der Waals surface area contributed by atoms with Crippen LogP contribution >= 0.6 is 0 Å².